The standard InChI is InChI=1S/C21H19ClN2/c22-19-7-3-1-6-17(19)14-23-18-11-12-21-16(13-18)10-9-15-5-2-4-8-20(15)24-21/h1-8,10-12,23-24H,9,13-14H2. The molecule has 2 aromatic rings. The Hall–Kier alpha value is -2.45. The van der Waals surface area contributed by atoms with Gasteiger partial charge in [-0.05, 0) is 47.4 Å². The Bertz CT molecular complexity index is 862. The Morgan fingerprint density at radius 2 is 1.83 bits per heavy atom. The van der Waals surface area contributed by atoms with Crippen LogP contribution in [0.15, 0.2) is 83.7 Å². The summed E-state index contributed by atoms with van der Waals surface area (Å²) in [7, 11) is 0. The van der Waals surface area contributed by atoms with E-state index >= 15 is 0 Å². The molecule has 0 fully saturated rings. The zero-order valence-electron chi connectivity index (χ0n) is 13.4. The summed E-state index contributed by atoms with van der Waals surface area (Å²) in [5, 5.41) is 7.89. The predicted molar refractivity (Wildman–Crippen MR) is 101 cm³/mol. The van der Waals surface area contributed by atoms with Gasteiger partial charge in [0.15, 0.2) is 0 Å². The van der Waals surface area contributed by atoms with Crippen LogP contribution in [-0.4, -0.2) is 0 Å². The lowest BCUT2D eigenvalue weighted by atomic mass is 10.00. The number of hydrogen-bond donors (Lipinski definition) is 2. The highest BCUT2D eigenvalue weighted by Crippen LogP contribution is 2.30. The van der Waals surface area contributed by atoms with E-state index in [0.717, 1.165) is 30.0 Å². The van der Waals surface area contributed by atoms with Gasteiger partial charge in [-0.2, -0.15) is 0 Å². The summed E-state index contributed by atoms with van der Waals surface area (Å²) >= 11 is 6.23. The second-order valence-electron chi connectivity index (χ2n) is 6.11. The van der Waals surface area contributed by atoms with Crippen LogP contribution in [0.25, 0.3) is 0 Å². The molecule has 0 saturated carbocycles. The molecule has 24 heavy (non-hydrogen) atoms. The lowest BCUT2D eigenvalue weighted by Gasteiger charge is -2.20. The molecule has 2 N–H and O–H groups in total. The van der Waals surface area contributed by atoms with Crippen molar-refractivity contribution in [2.45, 2.75) is 19.4 Å². The van der Waals surface area contributed by atoms with Crippen molar-refractivity contribution < 1.29 is 0 Å². The molecule has 0 saturated heterocycles. The van der Waals surface area contributed by atoms with Crippen LogP contribution in [0.2, 0.25) is 5.02 Å². The van der Waals surface area contributed by atoms with Crippen molar-refractivity contribution in [3.63, 3.8) is 0 Å². The lowest BCUT2D eigenvalue weighted by molar-refractivity contribution is 0.776. The van der Waals surface area contributed by atoms with Crippen LogP contribution < -0.4 is 10.6 Å². The van der Waals surface area contributed by atoms with E-state index in [1.807, 2.05) is 18.2 Å². The number of hydrogen-bond acceptors (Lipinski definition) is 2. The highest BCUT2D eigenvalue weighted by atomic mass is 35.5. The molecule has 1 aliphatic heterocycles. The average molecular weight is 335 g/mol. The molecule has 4 rings (SSSR count). The molecule has 2 nitrogen and oxygen atoms in total. The summed E-state index contributed by atoms with van der Waals surface area (Å²) in [5.74, 6) is 0. The first-order valence-corrected chi connectivity index (χ1v) is 8.60. The zero-order valence-corrected chi connectivity index (χ0v) is 14.1. The number of nitrogens with one attached hydrogen (secondary N) is 2. The molecule has 0 radical (unpaired) electrons. The summed E-state index contributed by atoms with van der Waals surface area (Å²) < 4.78 is 0. The molecule has 0 amide bonds. The topological polar surface area (TPSA) is 24.1 Å². The fraction of sp³-hybridized carbons (Fsp3) is 0.143. The minimum absolute atomic E-state index is 0.746. The molecule has 120 valence electrons. The number of para-hydroxylation sites is 1. The average Bonchev–Trinajstić information content (AvgIpc) is 2.80. The Labute approximate surface area is 147 Å². The van der Waals surface area contributed by atoms with Gasteiger partial charge < -0.3 is 10.6 Å². The number of benzene rings is 2. The zero-order chi connectivity index (χ0) is 16.4. The van der Waals surface area contributed by atoms with Gasteiger partial charge in [-0.1, -0.05) is 54.1 Å². The first-order valence-electron chi connectivity index (χ1n) is 8.22. The quantitative estimate of drug-likeness (QED) is 0.806. The van der Waals surface area contributed by atoms with Crippen LogP contribution >= 0.6 is 11.6 Å². The van der Waals surface area contributed by atoms with Crippen molar-refractivity contribution in [1.29, 1.82) is 0 Å². The smallest absolute Gasteiger partial charge is 0.0455 e. The highest BCUT2D eigenvalue weighted by Gasteiger charge is 2.16. The minimum atomic E-state index is 0.746. The van der Waals surface area contributed by atoms with Crippen LogP contribution in [-0.2, 0) is 13.0 Å². The van der Waals surface area contributed by atoms with E-state index < -0.39 is 0 Å². The Morgan fingerprint density at radius 1 is 1.00 bits per heavy atom. The summed E-state index contributed by atoms with van der Waals surface area (Å²) in [6, 6.07) is 16.5. The number of anilines is 1. The molecule has 0 unspecified atom stereocenters. The lowest BCUT2D eigenvalue weighted by Crippen LogP contribution is -2.17. The van der Waals surface area contributed by atoms with E-state index in [1.54, 1.807) is 0 Å². The summed E-state index contributed by atoms with van der Waals surface area (Å²) in [5.41, 5.74) is 7.42. The Morgan fingerprint density at radius 3 is 2.75 bits per heavy atom. The fourth-order valence-electron chi connectivity index (χ4n) is 3.12. The highest BCUT2D eigenvalue weighted by molar-refractivity contribution is 6.31. The number of halogens is 1. The minimum Gasteiger partial charge on any atom is -0.384 e. The van der Waals surface area contributed by atoms with E-state index in [-0.39, 0.29) is 0 Å². The van der Waals surface area contributed by atoms with Crippen molar-refractivity contribution in [3.8, 4) is 0 Å². The SMILES string of the molecule is Clc1ccccc1CNC1=CC=C2Nc3ccccc3CC=C2C1. The molecule has 3 heteroatoms. The van der Waals surface area contributed by atoms with E-state index in [1.165, 1.54) is 28.2 Å². The molecule has 2 aliphatic rings. The van der Waals surface area contributed by atoms with Gasteiger partial charge in [0.25, 0.3) is 0 Å². The maximum Gasteiger partial charge on any atom is 0.0455 e. The van der Waals surface area contributed by atoms with E-state index in [0.29, 0.717) is 0 Å². The molecule has 0 atom stereocenters. The summed E-state index contributed by atoms with van der Waals surface area (Å²) in [6.07, 6.45) is 8.52. The number of fused-ring (bicyclic) bond motifs is 2. The number of rotatable bonds is 3. The summed E-state index contributed by atoms with van der Waals surface area (Å²) in [6.45, 7) is 0.746. The van der Waals surface area contributed by atoms with Gasteiger partial charge in [-0.25, -0.2) is 0 Å². The maximum absolute atomic E-state index is 6.23. The van der Waals surface area contributed by atoms with Gasteiger partial charge >= 0.3 is 0 Å². The monoisotopic (exact) mass is 334 g/mol. The molecule has 0 bridgehead atoms. The van der Waals surface area contributed by atoms with E-state index in [2.05, 4.69) is 59.2 Å². The maximum atomic E-state index is 6.23. The van der Waals surface area contributed by atoms with Crippen molar-refractivity contribution in [3.05, 3.63) is 99.9 Å². The van der Waals surface area contributed by atoms with E-state index in [9.17, 15) is 0 Å². The van der Waals surface area contributed by atoms with Gasteiger partial charge in [0.2, 0.25) is 0 Å². The molecular formula is C21H19ClN2. The largest absolute Gasteiger partial charge is 0.384 e. The first-order chi connectivity index (χ1) is 11.8. The molecular weight excluding hydrogens is 316 g/mol. The summed E-state index contributed by atoms with van der Waals surface area (Å²) in [4.78, 5) is 0. The van der Waals surface area contributed by atoms with Gasteiger partial charge in [0.1, 0.15) is 0 Å². The van der Waals surface area contributed by atoms with Crippen LogP contribution in [0.5, 0.6) is 0 Å². The second kappa shape index (κ2) is 6.58. The molecule has 1 aliphatic carbocycles. The number of allylic oxidation sites excluding steroid dienone is 5. The molecule has 1 heterocycles. The third-order valence-corrected chi connectivity index (χ3v) is 4.87. The van der Waals surface area contributed by atoms with Crippen molar-refractivity contribution in [1.82, 2.24) is 5.32 Å². The molecule has 0 aromatic heterocycles. The van der Waals surface area contributed by atoms with E-state index in [4.69, 9.17) is 11.6 Å². The second-order valence-corrected chi connectivity index (χ2v) is 6.52. The van der Waals surface area contributed by atoms with Crippen LogP contribution in [0.3, 0.4) is 0 Å². The van der Waals surface area contributed by atoms with Gasteiger partial charge in [0, 0.05) is 35.1 Å². The Kier molecular flexibility index (Phi) is 4.14. The first kappa shape index (κ1) is 15.1. The Balaban J connectivity index is 1.50. The van der Waals surface area contributed by atoms with Crippen molar-refractivity contribution in [2.75, 3.05) is 5.32 Å². The molecule has 0 spiro atoms. The molecule has 2 aromatic carbocycles. The fourth-order valence-corrected chi connectivity index (χ4v) is 3.33. The van der Waals surface area contributed by atoms with Crippen LogP contribution in [0.4, 0.5) is 5.69 Å². The third kappa shape index (κ3) is 3.10. The van der Waals surface area contributed by atoms with Crippen molar-refractivity contribution in [2.24, 2.45) is 0 Å². The van der Waals surface area contributed by atoms with Gasteiger partial charge in [-0.3, -0.25) is 0 Å². The van der Waals surface area contributed by atoms with Crippen molar-refractivity contribution >= 4 is 17.3 Å². The third-order valence-electron chi connectivity index (χ3n) is 4.50. The predicted octanol–water partition coefficient (Wildman–Crippen LogP) is 5.20. The van der Waals surface area contributed by atoms with Crippen LogP contribution in [0.1, 0.15) is 17.5 Å². The van der Waals surface area contributed by atoms with Gasteiger partial charge in [0.05, 0.1) is 0 Å². The van der Waals surface area contributed by atoms with Gasteiger partial charge in [-0.15, -0.1) is 0 Å². The normalized spacial score (nSPS) is 15.8. The van der Waals surface area contributed by atoms with Crippen LogP contribution in [0, 0.1) is 0 Å².